The number of nitrogens with zero attached hydrogens (tertiary/aromatic N) is 5. The highest BCUT2D eigenvalue weighted by atomic mass is 15.5. The minimum atomic E-state index is 0.277. The Labute approximate surface area is 109 Å². The molecule has 2 atom stereocenters. The number of likely N-dealkylation sites (tertiary alicyclic amines) is 1. The predicted octanol–water partition coefficient (Wildman–Crippen LogP) is 0.642. The summed E-state index contributed by atoms with van der Waals surface area (Å²) in [7, 11) is 0. The molecule has 2 heterocycles. The fourth-order valence-corrected chi connectivity index (χ4v) is 2.33. The van der Waals surface area contributed by atoms with E-state index in [1.165, 1.54) is 0 Å². The van der Waals surface area contributed by atoms with E-state index in [2.05, 4.69) is 34.3 Å². The summed E-state index contributed by atoms with van der Waals surface area (Å²) in [6.07, 6.45) is 3.44. The van der Waals surface area contributed by atoms with Crippen molar-refractivity contribution in [2.75, 3.05) is 13.1 Å². The van der Waals surface area contributed by atoms with Crippen LogP contribution in [0.5, 0.6) is 0 Å². The van der Waals surface area contributed by atoms with Gasteiger partial charge in [0.15, 0.2) is 5.82 Å². The molecule has 0 aromatic carbocycles. The molecule has 6 heteroatoms. The van der Waals surface area contributed by atoms with E-state index in [4.69, 9.17) is 5.73 Å². The zero-order chi connectivity index (χ0) is 13.0. The second-order valence-electron chi connectivity index (χ2n) is 5.34. The molecule has 1 fully saturated rings. The van der Waals surface area contributed by atoms with E-state index in [0.717, 1.165) is 51.3 Å². The molecule has 18 heavy (non-hydrogen) atoms. The van der Waals surface area contributed by atoms with Gasteiger partial charge in [0.1, 0.15) is 0 Å². The van der Waals surface area contributed by atoms with Crippen LogP contribution in [0, 0.1) is 5.92 Å². The van der Waals surface area contributed by atoms with E-state index in [1.54, 1.807) is 0 Å². The molecule has 1 saturated heterocycles. The van der Waals surface area contributed by atoms with Gasteiger partial charge in [-0.05, 0) is 35.7 Å². The van der Waals surface area contributed by atoms with Gasteiger partial charge in [-0.1, -0.05) is 20.3 Å². The van der Waals surface area contributed by atoms with Crippen LogP contribution in [0.1, 0.15) is 38.9 Å². The molecule has 2 rings (SSSR count). The average molecular weight is 252 g/mol. The summed E-state index contributed by atoms with van der Waals surface area (Å²) in [5.74, 6) is 1.59. The van der Waals surface area contributed by atoms with Crippen molar-refractivity contribution in [2.24, 2.45) is 11.7 Å². The summed E-state index contributed by atoms with van der Waals surface area (Å²) in [5.41, 5.74) is 6.12. The third-order valence-electron chi connectivity index (χ3n) is 3.80. The zero-order valence-corrected chi connectivity index (χ0v) is 11.4. The van der Waals surface area contributed by atoms with E-state index in [0.29, 0.717) is 5.92 Å². The predicted molar refractivity (Wildman–Crippen MR) is 69.8 cm³/mol. The number of rotatable bonds is 5. The quantitative estimate of drug-likeness (QED) is 0.832. The highest BCUT2D eigenvalue weighted by Gasteiger charge is 2.24. The van der Waals surface area contributed by atoms with Crippen LogP contribution in [0.2, 0.25) is 0 Å². The molecule has 1 aromatic rings. The van der Waals surface area contributed by atoms with Crippen molar-refractivity contribution in [1.29, 1.82) is 0 Å². The van der Waals surface area contributed by atoms with Crippen LogP contribution in [0.15, 0.2) is 0 Å². The van der Waals surface area contributed by atoms with Crippen LogP contribution in [0.4, 0.5) is 0 Å². The SMILES string of the molecule is CCCCn1nnnc1CN1CCC(C)C(N)C1. The number of aryl methyl sites for hydroxylation is 1. The van der Waals surface area contributed by atoms with Crippen molar-refractivity contribution in [3.05, 3.63) is 5.82 Å². The van der Waals surface area contributed by atoms with Crippen molar-refractivity contribution in [2.45, 2.75) is 52.2 Å². The highest BCUT2D eigenvalue weighted by molar-refractivity contribution is 4.86. The molecular formula is C12H24N6. The Balaban J connectivity index is 1.91. The Hall–Kier alpha value is -1.01. The lowest BCUT2D eigenvalue weighted by atomic mass is 9.94. The summed E-state index contributed by atoms with van der Waals surface area (Å²) in [4.78, 5) is 2.36. The number of hydrogen-bond acceptors (Lipinski definition) is 5. The number of tetrazole rings is 1. The average Bonchev–Trinajstić information content (AvgIpc) is 2.79. The highest BCUT2D eigenvalue weighted by Crippen LogP contribution is 2.16. The minimum absolute atomic E-state index is 0.277. The molecule has 0 spiro atoms. The first kappa shape index (κ1) is 13.4. The Bertz CT molecular complexity index is 363. The first-order chi connectivity index (χ1) is 8.70. The summed E-state index contributed by atoms with van der Waals surface area (Å²) in [5, 5.41) is 12.0. The van der Waals surface area contributed by atoms with E-state index in [9.17, 15) is 0 Å². The Morgan fingerprint density at radius 2 is 2.28 bits per heavy atom. The maximum atomic E-state index is 6.12. The maximum absolute atomic E-state index is 6.12. The van der Waals surface area contributed by atoms with Gasteiger partial charge in [0, 0.05) is 19.1 Å². The molecule has 2 unspecified atom stereocenters. The van der Waals surface area contributed by atoms with Crippen molar-refractivity contribution < 1.29 is 0 Å². The van der Waals surface area contributed by atoms with Crippen molar-refractivity contribution in [1.82, 2.24) is 25.1 Å². The number of unbranched alkanes of at least 4 members (excludes halogenated alkanes) is 1. The van der Waals surface area contributed by atoms with Gasteiger partial charge in [-0.3, -0.25) is 4.90 Å². The molecule has 1 aliphatic heterocycles. The fourth-order valence-electron chi connectivity index (χ4n) is 2.33. The van der Waals surface area contributed by atoms with Crippen LogP contribution >= 0.6 is 0 Å². The van der Waals surface area contributed by atoms with E-state index in [1.807, 2.05) is 4.68 Å². The molecule has 0 saturated carbocycles. The molecule has 102 valence electrons. The molecule has 0 radical (unpaired) electrons. The Kier molecular flexibility index (Phi) is 4.66. The van der Waals surface area contributed by atoms with Gasteiger partial charge in [0.25, 0.3) is 0 Å². The van der Waals surface area contributed by atoms with Gasteiger partial charge in [0.05, 0.1) is 6.54 Å². The van der Waals surface area contributed by atoms with Gasteiger partial charge in [-0.2, -0.15) is 0 Å². The smallest absolute Gasteiger partial charge is 0.165 e. The van der Waals surface area contributed by atoms with Crippen LogP contribution < -0.4 is 5.73 Å². The van der Waals surface area contributed by atoms with E-state index in [-0.39, 0.29) is 6.04 Å². The molecular weight excluding hydrogens is 228 g/mol. The monoisotopic (exact) mass is 252 g/mol. The minimum Gasteiger partial charge on any atom is -0.326 e. The third-order valence-corrected chi connectivity index (χ3v) is 3.80. The summed E-state index contributed by atoms with van der Waals surface area (Å²) < 4.78 is 1.92. The van der Waals surface area contributed by atoms with Gasteiger partial charge in [-0.25, -0.2) is 4.68 Å². The van der Waals surface area contributed by atoms with Crippen LogP contribution in [-0.2, 0) is 13.1 Å². The van der Waals surface area contributed by atoms with Crippen molar-refractivity contribution in [3.63, 3.8) is 0 Å². The first-order valence-corrected chi connectivity index (χ1v) is 6.93. The maximum Gasteiger partial charge on any atom is 0.165 e. The van der Waals surface area contributed by atoms with E-state index >= 15 is 0 Å². The molecule has 1 aliphatic rings. The topological polar surface area (TPSA) is 72.9 Å². The molecule has 2 N–H and O–H groups in total. The van der Waals surface area contributed by atoms with E-state index < -0.39 is 0 Å². The van der Waals surface area contributed by atoms with Crippen molar-refractivity contribution >= 4 is 0 Å². The zero-order valence-electron chi connectivity index (χ0n) is 11.4. The Morgan fingerprint density at radius 3 is 3.00 bits per heavy atom. The molecule has 0 bridgehead atoms. The second-order valence-corrected chi connectivity index (χ2v) is 5.34. The third kappa shape index (κ3) is 3.26. The molecule has 0 aliphatic carbocycles. The van der Waals surface area contributed by atoms with Crippen LogP contribution in [-0.4, -0.2) is 44.2 Å². The second kappa shape index (κ2) is 6.24. The number of nitrogens with two attached hydrogens (primary N) is 1. The molecule has 6 nitrogen and oxygen atoms in total. The number of aromatic nitrogens is 4. The largest absolute Gasteiger partial charge is 0.326 e. The molecule has 0 amide bonds. The Morgan fingerprint density at radius 1 is 1.44 bits per heavy atom. The standard InChI is InChI=1S/C12H24N6/c1-3-4-6-18-12(14-15-16-18)9-17-7-5-10(2)11(13)8-17/h10-11H,3-9,13H2,1-2H3. The van der Waals surface area contributed by atoms with Crippen LogP contribution in [0.25, 0.3) is 0 Å². The van der Waals surface area contributed by atoms with Gasteiger partial charge in [0.2, 0.25) is 0 Å². The van der Waals surface area contributed by atoms with Crippen molar-refractivity contribution in [3.8, 4) is 0 Å². The fraction of sp³-hybridized carbons (Fsp3) is 0.917. The van der Waals surface area contributed by atoms with Gasteiger partial charge < -0.3 is 5.73 Å². The van der Waals surface area contributed by atoms with Gasteiger partial charge in [-0.15, -0.1) is 5.10 Å². The van der Waals surface area contributed by atoms with Crippen LogP contribution in [0.3, 0.4) is 0 Å². The lowest BCUT2D eigenvalue weighted by Crippen LogP contribution is -2.47. The summed E-state index contributed by atoms with van der Waals surface area (Å²) >= 11 is 0. The summed E-state index contributed by atoms with van der Waals surface area (Å²) in [6, 6.07) is 0.277. The normalized spacial score (nSPS) is 25.5. The first-order valence-electron chi connectivity index (χ1n) is 6.93. The lowest BCUT2D eigenvalue weighted by molar-refractivity contribution is 0.156. The number of hydrogen-bond donors (Lipinski definition) is 1. The molecule has 1 aromatic heterocycles. The summed E-state index contributed by atoms with van der Waals surface area (Å²) in [6.45, 7) is 8.17. The number of piperidine rings is 1. The lowest BCUT2D eigenvalue weighted by Gasteiger charge is -2.34. The van der Waals surface area contributed by atoms with Gasteiger partial charge >= 0.3 is 0 Å².